The number of ether oxygens (including phenoxy) is 1. The van der Waals surface area contributed by atoms with Crippen molar-refractivity contribution in [1.29, 1.82) is 0 Å². The summed E-state index contributed by atoms with van der Waals surface area (Å²) in [6, 6.07) is 0. The molecule has 0 aromatic carbocycles. The van der Waals surface area contributed by atoms with Crippen LogP contribution in [0.4, 0.5) is 0 Å². The molecule has 0 atom stereocenters. The van der Waals surface area contributed by atoms with Crippen molar-refractivity contribution in [3.63, 3.8) is 0 Å². The maximum absolute atomic E-state index is 12.3. The maximum Gasteiger partial charge on any atom is 0.306 e. The van der Waals surface area contributed by atoms with Gasteiger partial charge in [0.25, 0.3) is 0 Å². The van der Waals surface area contributed by atoms with Gasteiger partial charge in [-0.05, 0) is 19.8 Å². The number of aliphatic carboxylic acids is 1. The molecule has 21 heavy (non-hydrogen) atoms. The molecule has 1 amide bonds. The van der Waals surface area contributed by atoms with E-state index in [1.165, 1.54) is 0 Å². The summed E-state index contributed by atoms with van der Waals surface area (Å²) in [6.45, 7) is 2.02. The van der Waals surface area contributed by atoms with Gasteiger partial charge in [-0.2, -0.15) is 0 Å². The molecular formula is C15H25NO5. The van der Waals surface area contributed by atoms with Crippen LogP contribution >= 0.6 is 0 Å². The molecule has 1 aliphatic rings. The van der Waals surface area contributed by atoms with Crippen LogP contribution in [0.15, 0.2) is 0 Å². The molecule has 0 aromatic rings. The lowest BCUT2D eigenvalue weighted by atomic mass is 9.78. The van der Waals surface area contributed by atoms with E-state index in [2.05, 4.69) is 0 Å². The van der Waals surface area contributed by atoms with Crippen LogP contribution in [0.5, 0.6) is 0 Å². The Morgan fingerprint density at radius 3 is 2.29 bits per heavy atom. The molecular weight excluding hydrogens is 274 g/mol. The number of rotatable bonds is 7. The molecule has 0 saturated heterocycles. The molecule has 1 aliphatic carbocycles. The monoisotopic (exact) mass is 299 g/mol. The number of hydrogen-bond acceptors (Lipinski definition) is 4. The van der Waals surface area contributed by atoms with Gasteiger partial charge in [0.05, 0.1) is 25.0 Å². The van der Waals surface area contributed by atoms with E-state index in [0.717, 1.165) is 19.3 Å². The predicted octanol–water partition coefficient (Wildman–Crippen LogP) is 1.97. The van der Waals surface area contributed by atoms with Crippen LogP contribution < -0.4 is 0 Å². The molecule has 0 heterocycles. The number of nitrogens with zero attached hydrogens (tertiary/aromatic N) is 1. The first-order valence-corrected chi connectivity index (χ1v) is 7.55. The Hall–Kier alpha value is -1.59. The molecule has 6 nitrogen and oxygen atoms in total. The van der Waals surface area contributed by atoms with Gasteiger partial charge in [0.2, 0.25) is 5.91 Å². The van der Waals surface area contributed by atoms with Gasteiger partial charge in [0.1, 0.15) is 0 Å². The lowest BCUT2D eigenvalue weighted by Gasteiger charge is -2.44. The Balaban J connectivity index is 2.66. The summed E-state index contributed by atoms with van der Waals surface area (Å²) in [6.07, 6.45) is 4.44. The lowest BCUT2D eigenvalue weighted by molar-refractivity contribution is -0.150. The van der Waals surface area contributed by atoms with Gasteiger partial charge in [-0.25, -0.2) is 0 Å². The fourth-order valence-electron chi connectivity index (χ4n) is 3.00. The zero-order chi connectivity index (χ0) is 15.9. The van der Waals surface area contributed by atoms with Crippen LogP contribution in [0.25, 0.3) is 0 Å². The largest absolute Gasteiger partial charge is 0.481 e. The molecule has 120 valence electrons. The minimum absolute atomic E-state index is 0.0331. The highest BCUT2D eigenvalue weighted by Crippen LogP contribution is 2.36. The Kier molecular flexibility index (Phi) is 6.65. The summed E-state index contributed by atoms with van der Waals surface area (Å²) in [4.78, 5) is 36.3. The van der Waals surface area contributed by atoms with E-state index in [1.54, 1.807) is 18.9 Å². The quantitative estimate of drug-likeness (QED) is 0.727. The van der Waals surface area contributed by atoms with Crippen LogP contribution in [0.2, 0.25) is 0 Å². The van der Waals surface area contributed by atoms with Gasteiger partial charge in [0, 0.05) is 13.5 Å². The van der Waals surface area contributed by atoms with Crippen molar-refractivity contribution in [2.24, 2.45) is 0 Å². The van der Waals surface area contributed by atoms with E-state index in [1.807, 2.05) is 0 Å². The standard InChI is InChI=1S/C15H25NO5/c1-3-21-14(20)8-7-12(17)16(2)15(11-13(18)19)9-5-4-6-10-15/h3-11H2,1-2H3,(H,18,19). The van der Waals surface area contributed by atoms with E-state index < -0.39 is 17.5 Å². The van der Waals surface area contributed by atoms with E-state index in [-0.39, 0.29) is 25.2 Å². The molecule has 1 rings (SSSR count). The van der Waals surface area contributed by atoms with Gasteiger partial charge in [-0.1, -0.05) is 19.3 Å². The van der Waals surface area contributed by atoms with Gasteiger partial charge < -0.3 is 14.7 Å². The number of hydrogen-bond donors (Lipinski definition) is 1. The molecule has 1 N–H and O–H groups in total. The van der Waals surface area contributed by atoms with E-state index in [4.69, 9.17) is 9.84 Å². The predicted molar refractivity (Wildman–Crippen MR) is 76.7 cm³/mol. The third-order valence-electron chi connectivity index (χ3n) is 4.20. The smallest absolute Gasteiger partial charge is 0.306 e. The van der Waals surface area contributed by atoms with E-state index >= 15 is 0 Å². The molecule has 6 heteroatoms. The van der Waals surface area contributed by atoms with Gasteiger partial charge in [0.15, 0.2) is 0 Å². The van der Waals surface area contributed by atoms with Crippen LogP contribution in [-0.4, -0.2) is 47.0 Å². The Morgan fingerprint density at radius 1 is 1.14 bits per heavy atom. The lowest BCUT2D eigenvalue weighted by Crippen LogP contribution is -2.52. The van der Waals surface area contributed by atoms with Crippen molar-refractivity contribution < 1.29 is 24.2 Å². The minimum Gasteiger partial charge on any atom is -0.481 e. The van der Waals surface area contributed by atoms with E-state index in [0.29, 0.717) is 19.4 Å². The van der Waals surface area contributed by atoms with Crippen LogP contribution in [0, 0.1) is 0 Å². The van der Waals surface area contributed by atoms with Gasteiger partial charge in [-0.15, -0.1) is 0 Å². The Morgan fingerprint density at radius 2 is 1.76 bits per heavy atom. The molecule has 0 radical (unpaired) electrons. The third-order valence-corrected chi connectivity index (χ3v) is 4.20. The number of carboxylic acid groups (broad SMARTS) is 1. The van der Waals surface area contributed by atoms with Crippen molar-refractivity contribution in [3.8, 4) is 0 Å². The second-order valence-corrected chi connectivity index (χ2v) is 5.61. The average molecular weight is 299 g/mol. The highest BCUT2D eigenvalue weighted by atomic mass is 16.5. The maximum atomic E-state index is 12.3. The van der Waals surface area contributed by atoms with Crippen molar-refractivity contribution in [3.05, 3.63) is 0 Å². The molecule has 0 unspecified atom stereocenters. The summed E-state index contributed by atoms with van der Waals surface area (Å²) in [5.74, 6) is -1.47. The fourth-order valence-corrected chi connectivity index (χ4v) is 3.00. The normalized spacial score (nSPS) is 17.0. The first-order chi connectivity index (χ1) is 9.91. The topological polar surface area (TPSA) is 83.9 Å². The fraction of sp³-hybridized carbons (Fsp3) is 0.800. The third kappa shape index (κ3) is 5.02. The van der Waals surface area contributed by atoms with Crippen LogP contribution in [0.3, 0.4) is 0 Å². The highest BCUT2D eigenvalue weighted by molar-refractivity contribution is 5.82. The number of carbonyl (C=O) groups excluding carboxylic acids is 2. The average Bonchev–Trinajstić information content (AvgIpc) is 2.44. The second kappa shape index (κ2) is 8.00. The molecule has 0 bridgehead atoms. The zero-order valence-electron chi connectivity index (χ0n) is 12.9. The number of carboxylic acids is 1. The first-order valence-electron chi connectivity index (χ1n) is 7.55. The highest BCUT2D eigenvalue weighted by Gasteiger charge is 2.40. The SMILES string of the molecule is CCOC(=O)CCC(=O)N(C)C1(CC(=O)O)CCCCC1. The molecule has 0 aromatic heterocycles. The summed E-state index contributed by atoms with van der Waals surface area (Å²) >= 11 is 0. The number of carbonyl (C=O) groups is 3. The van der Waals surface area contributed by atoms with Crippen molar-refractivity contribution in [2.45, 2.75) is 63.8 Å². The number of amides is 1. The summed E-state index contributed by atoms with van der Waals surface area (Å²) in [5.41, 5.74) is -0.601. The Bertz CT molecular complexity index is 388. The first kappa shape index (κ1) is 17.5. The van der Waals surface area contributed by atoms with Gasteiger partial charge >= 0.3 is 11.9 Å². The molecule has 1 fully saturated rings. The summed E-state index contributed by atoms with van der Waals surface area (Å²) in [7, 11) is 1.65. The molecule has 1 saturated carbocycles. The van der Waals surface area contributed by atoms with Crippen LogP contribution in [0.1, 0.15) is 58.3 Å². The Labute approximate surface area is 125 Å². The zero-order valence-corrected chi connectivity index (χ0v) is 12.9. The van der Waals surface area contributed by atoms with Crippen molar-refractivity contribution in [1.82, 2.24) is 4.90 Å². The van der Waals surface area contributed by atoms with Gasteiger partial charge in [-0.3, -0.25) is 14.4 Å². The second-order valence-electron chi connectivity index (χ2n) is 5.61. The summed E-state index contributed by atoms with van der Waals surface area (Å²) in [5, 5.41) is 9.14. The minimum atomic E-state index is -0.887. The van der Waals surface area contributed by atoms with E-state index in [9.17, 15) is 14.4 Å². The molecule has 0 aliphatic heterocycles. The number of esters is 1. The molecule has 0 spiro atoms. The van der Waals surface area contributed by atoms with Crippen LogP contribution in [-0.2, 0) is 19.1 Å². The summed E-state index contributed by atoms with van der Waals surface area (Å²) < 4.78 is 4.80. The van der Waals surface area contributed by atoms with Crippen molar-refractivity contribution >= 4 is 17.8 Å². The van der Waals surface area contributed by atoms with Crippen molar-refractivity contribution in [2.75, 3.05) is 13.7 Å².